The molecule has 1 saturated heterocycles. The van der Waals surface area contributed by atoms with Crippen LogP contribution < -0.4 is 10.5 Å². The van der Waals surface area contributed by atoms with Gasteiger partial charge in [-0.15, -0.1) is 0 Å². The lowest BCUT2D eigenvalue weighted by Crippen LogP contribution is -2.50. The second kappa shape index (κ2) is 6.57. The lowest BCUT2D eigenvalue weighted by atomic mass is 9.88. The van der Waals surface area contributed by atoms with Crippen molar-refractivity contribution < 1.29 is 14.3 Å². The van der Waals surface area contributed by atoms with Gasteiger partial charge >= 0.3 is 6.09 Å². The monoisotopic (exact) mass is 306 g/mol. The van der Waals surface area contributed by atoms with Gasteiger partial charge < -0.3 is 20.1 Å². The number of carbonyl (C=O) groups is 1. The number of rotatable bonds is 2. The number of amides is 1. The van der Waals surface area contributed by atoms with Crippen LogP contribution in [0, 0.1) is 0 Å². The second-order valence-corrected chi connectivity index (χ2v) is 6.85. The maximum Gasteiger partial charge on any atom is 0.410 e. The van der Waals surface area contributed by atoms with E-state index in [2.05, 4.69) is 6.07 Å². The molecule has 2 rings (SSSR count). The highest BCUT2D eigenvalue weighted by Crippen LogP contribution is 2.29. The maximum absolute atomic E-state index is 12.3. The van der Waals surface area contributed by atoms with Crippen molar-refractivity contribution in [2.24, 2.45) is 5.73 Å². The Bertz CT molecular complexity index is 525. The molecule has 122 valence electrons. The van der Waals surface area contributed by atoms with Gasteiger partial charge in [-0.3, -0.25) is 0 Å². The SMILES string of the molecule is COc1cccc([C@H]2C[C@@H](N)CN(C(=O)OC(C)(C)C)C2)c1. The van der Waals surface area contributed by atoms with Crippen LogP contribution in [0.25, 0.3) is 0 Å². The molecule has 1 aliphatic heterocycles. The van der Waals surface area contributed by atoms with Crippen LogP contribution in [0.2, 0.25) is 0 Å². The van der Waals surface area contributed by atoms with Crippen molar-refractivity contribution in [3.63, 3.8) is 0 Å². The molecule has 0 saturated carbocycles. The van der Waals surface area contributed by atoms with Crippen molar-refractivity contribution in [1.29, 1.82) is 0 Å². The predicted molar refractivity (Wildman–Crippen MR) is 86.1 cm³/mol. The third kappa shape index (κ3) is 4.37. The Hall–Kier alpha value is -1.75. The topological polar surface area (TPSA) is 64.8 Å². The average molecular weight is 306 g/mol. The number of methoxy groups -OCH3 is 1. The van der Waals surface area contributed by atoms with Crippen LogP contribution in [0.15, 0.2) is 24.3 Å². The molecule has 2 atom stereocenters. The first-order valence-corrected chi connectivity index (χ1v) is 7.66. The fraction of sp³-hybridized carbons (Fsp3) is 0.588. The van der Waals surface area contributed by atoms with Gasteiger partial charge in [0.25, 0.3) is 0 Å². The van der Waals surface area contributed by atoms with Crippen molar-refractivity contribution >= 4 is 6.09 Å². The minimum absolute atomic E-state index is 0.0440. The summed E-state index contributed by atoms with van der Waals surface area (Å²) in [6.45, 7) is 6.77. The minimum Gasteiger partial charge on any atom is -0.497 e. The molecule has 0 unspecified atom stereocenters. The number of hydrogen-bond acceptors (Lipinski definition) is 4. The third-order valence-electron chi connectivity index (χ3n) is 3.70. The summed E-state index contributed by atoms with van der Waals surface area (Å²) in [7, 11) is 1.65. The van der Waals surface area contributed by atoms with Gasteiger partial charge in [0.2, 0.25) is 0 Å². The number of benzene rings is 1. The van der Waals surface area contributed by atoms with Gasteiger partial charge in [-0.2, -0.15) is 0 Å². The molecule has 1 aromatic carbocycles. The van der Waals surface area contributed by atoms with Crippen LogP contribution in [0.5, 0.6) is 5.75 Å². The third-order valence-corrected chi connectivity index (χ3v) is 3.70. The van der Waals surface area contributed by atoms with E-state index in [1.54, 1.807) is 12.0 Å². The number of piperidine rings is 1. The zero-order valence-corrected chi connectivity index (χ0v) is 13.8. The molecule has 0 spiro atoms. The van der Waals surface area contributed by atoms with Gasteiger partial charge in [-0.05, 0) is 44.9 Å². The maximum atomic E-state index is 12.3. The molecule has 0 bridgehead atoms. The summed E-state index contributed by atoms with van der Waals surface area (Å²) < 4.78 is 10.7. The number of nitrogens with two attached hydrogens (primary N) is 1. The molecule has 1 aliphatic rings. The lowest BCUT2D eigenvalue weighted by Gasteiger charge is -2.37. The van der Waals surface area contributed by atoms with Gasteiger partial charge in [-0.1, -0.05) is 12.1 Å². The van der Waals surface area contributed by atoms with Crippen LogP contribution in [-0.4, -0.2) is 42.8 Å². The van der Waals surface area contributed by atoms with Crippen LogP contribution >= 0.6 is 0 Å². The number of ether oxygens (including phenoxy) is 2. The molecule has 0 aliphatic carbocycles. The molecule has 5 heteroatoms. The Balaban J connectivity index is 2.12. The molecule has 2 N–H and O–H groups in total. The van der Waals surface area contributed by atoms with E-state index in [9.17, 15) is 4.79 Å². The normalized spacial score (nSPS) is 22.3. The van der Waals surface area contributed by atoms with Gasteiger partial charge in [0.1, 0.15) is 11.4 Å². The molecule has 1 heterocycles. The van der Waals surface area contributed by atoms with Crippen LogP contribution in [0.3, 0.4) is 0 Å². The predicted octanol–water partition coefficient (Wildman–Crippen LogP) is 2.75. The molecule has 0 radical (unpaired) electrons. The van der Waals surface area contributed by atoms with E-state index in [0.717, 1.165) is 17.7 Å². The lowest BCUT2D eigenvalue weighted by molar-refractivity contribution is 0.0181. The first-order chi connectivity index (χ1) is 10.3. The Morgan fingerprint density at radius 1 is 1.32 bits per heavy atom. The van der Waals surface area contributed by atoms with E-state index < -0.39 is 5.60 Å². The Kier molecular flexibility index (Phi) is 4.96. The smallest absolute Gasteiger partial charge is 0.410 e. The summed E-state index contributed by atoms with van der Waals surface area (Å²) >= 11 is 0. The highest BCUT2D eigenvalue weighted by Gasteiger charge is 2.31. The van der Waals surface area contributed by atoms with Gasteiger partial charge in [0, 0.05) is 25.0 Å². The fourth-order valence-electron chi connectivity index (χ4n) is 2.75. The van der Waals surface area contributed by atoms with Crippen molar-refractivity contribution in [3.05, 3.63) is 29.8 Å². The average Bonchev–Trinajstić information content (AvgIpc) is 2.45. The highest BCUT2D eigenvalue weighted by atomic mass is 16.6. The standard InChI is InChI=1S/C17H26N2O3/c1-17(2,3)22-16(20)19-10-13(8-14(18)11-19)12-6-5-7-15(9-12)21-4/h5-7,9,13-14H,8,10-11,18H2,1-4H3/t13-,14+/m0/s1. The van der Waals surface area contributed by atoms with Crippen LogP contribution in [0.4, 0.5) is 4.79 Å². The summed E-state index contributed by atoms with van der Waals surface area (Å²) in [5, 5.41) is 0. The number of nitrogens with zero attached hydrogens (tertiary/aromatic N) is 1. The Labute approximate surface area is 132 Å². The summed E-state index contributed by atoms with van der Waals surface area (Å²) in [5.74, 6) is 1.02. The number of likely N-dealkylation sites (tertiary alicyclic amines) is 1. The Morgan fingerprint density at radius 2 is 2.05 bits per heavy atom. The summed E-state index contributed by atoms with van der Waals surface area (Å²) in [5.41, 5.74) is 6.79. The van der Waals surface area contributed by atoms with E-state index >= 15 is 0 Å². The zero-order valence-electron chi connectivity index (χ0n) is 13.8. The molecule has 1 fully saturated rings. The highest BCUT2D eigenvalue weighted by molar-refractivity contribution is 5.68. The van der Waals surface area contributed by atoms with E-state index in [1.807, 2.05) is 39.0 Å². The zero-order chi connectivity index (χ0) is 16.3. The minimum atomic E-state index is -0.496. The Morgan fingerprint density at radius 3 is 2.68 bits per heavy atom. The molecule has 5 nitrogen and oxygen atoms in total. The van der Waals surface area contributed by atoms with Gasteiger partial charge in [0.05, 0.1) is 7.11 Å². The van der Waals surface area contributed by atoms with E-state index in [4.69, 9.17) is 15.2 Å². The largest absolute Gasteiger partial charge is 0.497 e. The molecule has 0 aromatic heterocycles. The number of hydrogen-bond donors (Lipinski definition) is 1. The summed E-state index contributed by atoms with van der Waals surface area (Å²) in [6, 6.07) is 7.90. The second-order valence-electron chi connectivity index (χ2n) is 6.85. The van der Waals surface area contributed by atoms with Crippen LogP contribution in [-0.2, 0) is 4.74 Å². The van der Waals surface area contributed by atoms with Crippen molar-refractivity contribution in [2.45, 2.75) is 44.8 Å². The van der Waals surface area contributed by atoms with Gasteiger partial charge in [0.15, 0.2) is 0 Å². The molecule has 1 amide bonds. The summed E-state index contributed by atoms with van der Waals surface area (Å²) in [4.78, 5) is 14.0. The van der Waals surface area contributed by atoms with Crippen molar-refractivity contribution in [1.82, 2.24) is 4.90 Å². The quantitative estimate of drug-likeness (QED) is 0.912. The first-order valence-electron chi connectivity index (χ1n) is 7.66. The molecular weight excluding hydrogens is 280 g/mol. The van der Waals surface area contributed by atoms with E-state index in [0.29, 0.717) is 13.1 Å². The molecule has 22 heavy (non-hydrogen) atoms. The van der Waals surface area contributed by atoms with E-state index in [1.165, 1.54) is 0 Å². The first kappa shape index (κ1) is 16.6. The molecular formula is C17H26N2O3. The van der Waals surface area contributed by atoms with Crippen molar-refractivity contribution in [3.8, 4) is 5.75 Å². The summed E-state index contributed by atoms with van der Waals surface area (Å²) in [6.07, 6.45) is 0.558. The van der Waals surface area contributed by atoms with Crippen LogP contribution in [0.1, 0.15) is 38.7 Å². The molecule has 1 aromatic rings. The van der Waals surface area contributed by atoms with E-state index in [-0.39, 0.29) is 18.1 Å². The number of carbonyl (C=O) groups excluding carboxylic acids is 1. The van der Waals surface area contributed by atoms with Crippen molar-refractivity contribution in [2.75, 3.05) is 20.2 Å². The van der Waals surface area contributed by atoms with Gasteiger partial charge in [-0.25, -0.2) is 4.79 Å². The fourth-order valence-corrected chi connectivity index (χ4v) is 2.75.